The van der Waals surface area contributed by atoms with Crippen LogP contribution in [0.5, 0.6) is 0 Å². The van der Waals surface area contributed by atoms with Gasteiger partial charge < -0.3 is 4.90 Å². The molecule has 7 heteroatoms. The summed E-state index contributed by atoms with van der Waals surface area (Å²) < 4.78 is 1.66. The molecule has 3 heterocycles. The van der Waals surface area contributed by atoms with Gasteiger partial charge in [-0.15, -0.1) is 0 Å². The average Bonchev–Trinajstić information content (AvgIpc) is 3.26. The Kier molecular flexibility index (Phi) is 5.49. The highest BCUT2D eigenvalue weighted by Gasteiger charge is 2.29. The molecule has 1 aliphatic heterocycles. The van der Waals surface area contributed by atoms with E-state index in [0.29, 0.717) is 29.1 Å². The van der Waals surface area contributed by atoms with Crippen LogP contribution in [0, 0.1) is 0 Å². The number of para-hydroxylation sites is 2. The number of carbonyl (C=O) groups is 1. The summed E-state index contributed by atoms with van der Waals surface area (Å²) in [4.78, 5) is 37.3. The summed E-state index contributed by atoms with van der Waals surface area (Å²) in [5, 5.41) is 0.718. The molecule has 1 aliphatic rings. The third-order valence-corrected chi connectivity index (χ3v) is 6.78. The Morgan fingerprint density at radius 3 is 2.66 bits per heavy atom. The number of benzene rings is 2. The minimum atomic E-state index is -0.391. The largest absolute Gasteiger partial charge is 0.311 e. The van der Waals surface area contributed by atoms with Gasteiger partial charge in [-0.05, 0) is 54.8 Å². The molecule has 4 aromatic rings. The van der Waals surface area contributed by atoms with E-state index in [2.05, 4.69) is 11.1 Å². The van der Waals surface area contributed by atoms with Crippen molar-refractivity contribution in [1.82, 2.24) is 14.5 Å². The lowest BCUT2D eigenvalue weighted by molar-refractivity contribution is -0.117. The van der Waals surface area contributed by atoms with Gasteiger partial charge in [0.1, 0.15) is 0 Å². The van der Waals surface area contributed by atoms with Crippen LogP contribution in [0.3, 0.4) is 0 Å². The zero-order valence-electron chi connectivity index (χ0n) is 17.6. The van der Waals surface area contributed by atoms with E-state index in [1.165, 1.54) is 17.3 Å². The first kappa shape index (κ1) is 20.5. The normalized spacial score (nSPS) is 13.8. The van der Waals surface area contributed by atoms with Crippen LogP contribution in [0.1, 0.15) is 18.1 Å². The van der Waals surface area contributed by atoms with Gasteiger partial charge in [-0.25, -0.2) is 4.98 Å². The fourth-order valence-corrected chi connectivity index (χ4v) is 5.01. The van der Waals surface area contributed by atoms with Crippen molar-refractivity contribution < 1.29 is 4.79 Å². The summed E-state index contributed by atoms with van der Waals surface area (Å²) in [5.74, 6) is 0.0258. The zero-order valence-corrected chi connectivity index (χ0v) is 18.5. The molecule has 0 spiro atoms. The lowest BCUT2D eigenvalue weighted by atomic mass is 10.2. The van der Waals surface area contributed by atoms with Gasteiger partial charge in [-0.1, -0.05) is 42.1 Å². The average molecular weight is 443 g/mol. The maximum atomic E-state index is 13.3. The number of anilines is 1. The molecule has 2 aromatic carbocycles. The number of thioether (sulfide) groups is 1. The van der Waals surface area contributed by atoms with Crippen LogP contribution in [-0.2, 0) is 17.8 Å². The van der Waals surface area contributed by atoms with Crippen molar-refractivity contribution in [3.05, 3.63) is 94.5 Å². The number of nitrogens with zero attached hydrogens (tertiary/aromatic N) is 4. The quantitative estimate of drug-likeness (QED) is 0.346. The maximum absolute atomic E-state index is 13.3. The van der Waals surface area contributed by atoms with Gasteiger partial charge in [0.05, 0.1) is 22.7 Å². The summed E-state index contributed by atoms with van der Waals surface area (Å²) in [7, 11) is 0. The lowest BCUT2D eigenvalue weighted by Gasteiger charge is -2.22. The summed E-state index contributed by atoms with van der Waals surface area (Å²) in [6.45, 7) is 2.93. The molecule has 5 rings (SSSR count). The minimum Gasteiger partial charge on any atom is -0.311 e. The molecule has 0 radical (unpaired) electrons. The number of fused-ring (bicyclic) bond motifs is 2. The van der Waals surface area contributed by atoms with Crippen LogP contribution in [0.15, 0.2) is 83.0 Å². The Morgan fingerprint density at radius 2 is 1.81 bits per heavy atom. The fraction of sp³-hybridized carbons (Fsp3) is 0.200. The molecule has 6 nitrogen and oxygen atoms in total. The topological polar surface area (TPSA) is 68.1 Å². The van der Waals surface area contributed by atoms with Gasteiger partial charge in [-0.2, -0.15) is 0 Å². The number of pyridine rings is 1. The highest BCUT2D eigenvalue weighted by Crippen LogP contribution is 2.31. The van der Waals surface area contributed by atoms with Gasteiger partial charge in [0.25, 0.3) is 5.56 Å². The van der Waals surface area contributed by atoms with Crippen LogP contribution < -0.4 is 10.5 Å². The van der Waals surface area contributed by atoms with E-state index in [0.717, 1.165) is 17.7 Å². The molecule has 0 N–H and O–H groups in total. The van der Waals surface area contributed by atoms with Gasteiger partial charge in [-0.3, -0.25) is 19.1 Å². The number of amides is 1. The molecule has 0 saturated carbocycles. The predicted molar refractivity (Wildman–Crippen MR) is 127 cm³/mol. The van der Waals surface area contributed by atoms with E-state index in [9.17, 15) is 9.59 Å². The first-order valence-corrected chi connectivity index (χ1v) is 11.4. The van der Waals surface area contributed by atoms with Crippen molar-refractivity contribution >= 4 is 34.3 Å². The van der Waals surface area contributed by atoms with Crippen LogP contribution in [0.4, 0.5) is 5.69 Å². The van der Waals surface area contributed by atoms with Crippen molar-refractivity contribution in [2.24, 2.45) is 0 Å². The first-order valence-electron chi connectivity index (χ1n) is 10.6. The van der Waals surface area contributed by atoms with Crippen LogP contribution in [0.25, 0.3) is 10.9 Å². The second kappa shape index (κ2) is 8.59. The smallest absolute Gasteiger partial charge is 0.262 e. The summed E-state index contributed by atoms with van der Waals surface area (Å²) in [5.41, 5.74) is 3.65. The minimum absolute atomic E-state index is 0.0258. The van der Waals surface area contributed by atoms with Crippen LogP contribution in [-0.4, -0.2) is 32.2 Å². The summed E-state index contributed by atoms with van der Waals surface area (Å²) in [6.07, 6.45) is 4.28. The molecule has 1 atom stereocenters. The van der Waals surface area contributed by atoms with Gasteiger partial charge in [0.2, 0.25) is 5.91 Å². The highest BCUT2D eigenvalue weighted by molar-refractivity contribution is 8.00. The first-order chi connectivity index (χ1) is 15.6. The third kappa shape index (κ3) is 3.80. The lowest BCUT2D eigenvalue weighted by Crippen LogP contribution is -2.35. The number of carbonyl (C=O) groups excluding carboxylic acids is 1. The number of hydrogen-bond donors (Lipinski definition) is 0. The Labute approximate surface area is 189 Å². The zero-order chi connectivity index (χ0) is 22.1. The van der Waals surface area contributed by atoms with E-state index in [1.807, 2.05) is 60.4 Å². The van der Waals surface area contributed by atoms with Crippen LogP contribution >= 0.6 is 11.8 Å². The predicted octanol–water partition coefficient (Wildman–Crippen LogP) is 3.91. The van der Waals surface area contributed by atoms with Gasteiger partial charge >= 0.3 is 0 Å². The summed E-state index contributed by atoms with van der Waals surface area (Å²) in [6, 6.07) is 19.1. The van der Waals surface area contributed by atoms with Gasteiger partial charge in [0.15, 0.2) is 5.16 Å². The molecule has 0 unspecified atom stereocenters. The van der Waals surface area contributed by atoms with E-state index in [4.69, 9.17) is 4.98 Å². The van der Waals surface area contributed by atoms with E-state index in [-0.39, 0.29) is 11.5 Å². The SMILES string of the molecule is C[C@@H](Sc1nc2ccccc2c(=O)n1Cc1ccncc1)C(=O)N1CCc2ccccc21. The molecule has 1 amide bonds. The number of aromatic nitrogens is 3. The highest BCUT2D eigenvalue weighted by atomic mass is 32.2. The van der Waals surface area contributed by atoms with Crippen molar-refractivity contribution in [2.75, 3.05) is 11.4 Å². The summed E-state index contributed by atoms with van der Waals surface area (Å²) >= 11 is 1.33. The van der Waals surface area contributed by atoms with E-state index in [1.54, 1.807) is 23.0 Å². The molecule has 2 aromatic heterocycles. The van der Waals surface area contributed by atoms with Gasteiger partial charge in [0, 0.05) is 24.6 Å². The molecule has 32 heavy (non-hydrogen) atoms. The Morgan fingerprint density at radius 1 is 1.06 bits per heavy atom. The molecule has 0 fully saturated rings. The van der Waals surface area contributed by atoms with Crippen molar-refractivity contribution in [2.45, 2.75) is 30.3 Å². The van der Waals surface area contributed by atoms with E-state index < -0.39 is 5.25 Å². The Balaban J connectivity index is 1.49. The standard InChI is InChI=1S/C25H22N4O2S/c1-17(23(30)28-15-12-19-6-2-5-9-22(19)28)32-25-27-21-8-4-3-7-20(21)24(31)29(25)16-18-10-13-26-14-11-18/h2-11,13-14,17H,12,15-16H2,1H3/t17-/m1/s1. The van der Waals surface area contributed by atoms with Crippen molar-refractivity contribution in [3.63, 3.8) is 0 Å². The molecule has 160 valence electrons. The van der Waals surface area contributed by atoms with Crippen molar-refractivity contribution in [1.29, 1.82) is 0 Å². The molecular formula is C25H22N4O2S. The molecule has 0 saturated heterocycles. The Bertz CT molecular complexity index is 1350. The fourth-order valence-electron chi connectivity index (χ4n) is 4.04. The molecule has 0 aliphatic carbocycles. The number of hydrogen-bond acceptors (Lipinski definition) is 5. The third-order valence-electron chi connectivity index (χ3n) is 5.70. The van der Waals surface area contributed by atoms with E-state index >= 15 is 0 Å². The molecular weight excluding hydrogens is 420 g/mol. The maximum Gasteiger partial charge on any atom is 0.262 e. The van der Waals surface area contributed by atoms with Crippen molar-refractivity contribution in [3.8, 4) is 0 Å². The molecule has 0 bridgehead atoms. The second-order valence-electron chi connectivity index (χ2n) is 7.79. The second-order valence-corrected chi connectivity index (χ2v) is 9.09. The monoisotopic (exact) mass is 442 g/mol. The number of rotatable bonds is 5. The van der Waals surface area contributed by atoms with Crippen LogP contribution in [0.2, 0.25) is 0 Å². The Hall–Kier alpha value is -3.45.